The average molecular weight is 291 g/mol. The van der Waals surface area contributed by atoms with Gasteiger partial charge in [-0.25, -0.2) is 0 Å². The maximum absolute atomic E-state index is 11.0. The molecule has 0 aromatic heterocycles. The van der Waals surface area contributed by atoms with Crippen LogP contribution in [0.25, 0.3) is 0 Å². The molecule has 0 bridgehead atoms. The zero-order valence-electron chi connectivity index (χ0n) is 12.7. The largest absolute Gasteiger partial charge is 0.487 e. The van der Waals surface area contributed by atoms with Crippen LogP contribution in [0.1, 0.15) is 31.7 Å². The van der Waals surface area contributed by atoms with E-state index in [4.69, 9.17) is 4.74 Å². The van der Waals surface area contributed by atoms with Crippen molar-refractivity contribution in [3.63, 3.8) is 0 Å². The molecule has 0 radical (unpaired) electrons. The molecule has 0 aliphatic heterocycles. The second-order valence-electron chi connectivity index (χ2n) is 4.93. The van der Waals surface area contributed by atoms with Crippen LogP contribution in [-0.2, 0) is 0 Å². The molecule has 1 atom stereocenters. The van der Waals surface area contributed by atoms with Crippen molar-refractivity contribution in [3.8, 4) is 11.8 Å². The fourth-order valence-corrected chi connectivity index (χ4v) is 2.19. The molecule has 0 aliphatic rings. The number of nitro benzene ring substituents is 1. The average Bonchev–Trinajstić information content (AvgIpc) is 2.49. The monoisotopic (exact) mass is 291 g/mol. The molecule has 6 heteroatoms. The fraction of sp³-hybridized carbons (Fsp3) is 0.533. The first-order valence-corrected chi connectivity index (χ1v) is 6.96. The van der Waals surface area contributed by atoms with Gasteiger partial charge in [-0.05, 0) is 38.8 Å². The Morgan fingerprint density at radius 3 is 2.76 bits per heavy atom. The quantitative estimate of drug-likeness (QED) is 0.452. The molecular formula is C15H21N3O3. The van der Waals surface area contributed by atoms with Crippen LogP contribution in [0.4, 0.5) is 5.69 Å². The van der Waals surface area contributed by atoms with Gasteiger partial charge < -0.3 is 10.1 Å². The van der Waals surface area contributed by atoms with E-state index in [0.717, 1.165) is 5.56 Å². The molecule has 1 N–H and O–H groups in total. The number of benzene rings is 1. The summed E-state index contributed by atoms with van der Waals surface area (Å²) in [6, 6.07) is 7.13. The van der Waals surface area contributed by atoms with Gasteiger partial charge in [-0.3, -0.25) is 10.1 Å². The number of ether oxygens (including phenoxy) is 1. The van der Waals surface area contributed by atoms with Crippen molar-refractivity contribution in [1.29, 1.82) is 5.26 Å². The first-order valence-electron chi connectivity index (χ1n) is 6.96. The Morgan fingerprint density at radius 1 is 1.52 bits per heavy atom. The van der Waals surface area contributed by atoms with Gasteiger partial charge >= 0.3 is 5.69 Å². The highest BCUT2D eigenvalue weighted by molar-refractivity contribution is 5.51. The normalized spacial score (nSPS) is 13.2. The SMILES string of the molecule is CCC(C#N)(CCCOc1c(C)cccc1[N+](=O)[O-])NC. The van der Waals surface area contributed by atoms with Crippen LogP contribution in [0.15, 0.2) is 18.2 Å². The number of hydrogen-bond donors (Lipinski definition) is 1. The van der Waals surface area contributed by atoms with Crippen LogP contribution >= 0.6 is 0 Å². The molecule has 0 amide bonds. The van der Waals surface area contributed by atoms with Gasteiger partial charge in [0.2, 0.25) is 0 Å². The van der Waals surface area contributed by atoms with Gasteiger partial charge in [0.15, 0.2) is 5.75 Å². The molecule has 1 unspecified atom stereocenters. The van der Waals surface area contributed by atoms with Crippen LogP contribution in [0.5, 0.6) is 5.75 Å². The van der Waals surface area contributed by atoms with E-state index in [1.165, 1.54) is 6.07 Å². The van der Waals surface area contributed by atoms with Crippen molar-refractivity contribution in [2.45, 2.75) is 38.6 Å². The van der Waals surface area contributed by atoms with Crippen molar-refractivity contribution < 1.29 is 9.66 Å². The number of rotatable bonds is 8. The van der Waals surface area contributed by atoms with Crippen LogP contribution in [-0.4, -0.2) is 24.1 Å². The van der Waals surface area contributed by atoms with E-state index in [9.17, 15) is 15.4 Å². The molecular weight excluding hydrogens is 270 g/mol. The number of nitrogens with one attached hydrogen (secondary N) is 1. The fourth-order valence-electron chi connectivity index (χ4n) is 2.19. The molecule has 0 saturated heterocycles. The minimum Gasteiger partial charge on any atom is -0.487 e. The van der Waals surface area contributed by atoms with E-state index in [0.29, 0.717) is 31.6 Å². The zero-order valence-corrected chi connectivity index (χ0v) is 12.7. The molecule has 21 heavy (non-hydrogen) atoms. The summed E-state index contributed by atoms with van der Waals surface area (Å²) in [5.74, 6) is 0.311. The van der Waals surface area contributed by atoms with E-state index in [1.807, 2.05) is 6.92 Å². The molecule has 1 aromatic carbocycles. The molecule has 0 fully saturated rings. The smallest absolute Gasteiger partial charge is 0.311 e. The maximum Gasteiger partial charge on any atom is 0.311 e. The van der Waals surface area contributed by atoms with E-state index >= 15 is 0 Å². The van der Waals surface area contributed by atoms with Gasteiger partial charge in [0.05, 0.1) is 17.6 Å². The minimum absolute atomic E-state index is 0.0225. The summed E-state index contributed by atoms with van der Waals surface area (Å²) in [7, 11) is 1.76. The van der Waals surface area contributed by atoms with E-state index < -0.39 is 10.5 Å². The lowest BCUT2D eigenvalue weighted by Crippen LogP contribution is -2.41. The third-order valence-corrected chi connectivity index (χ3v) is 3.68. The number of nitro groups is 1. The van der Waals surface area contributed by atoms with E-state index in [2.05, 4.69) is 11.4 Å². The Morgan fingerprint density at radius 2 is 2.24 bits per heavy atom. The third-order valence-electron chi connectivity index (χ3n) is 3.68. The summed E-state index contributed by atoms with van der Waals surface area (Å²) >= 11 is 0. The predicted molar refractivity (Wildman–Crippen MR) is 80.3 cm³/mol. The van der Waals surface area contributed by atoms with Gasteiger partial charge in [-0.2, -0.15) is 5.26 Å². The molecule has 0 aliphatic carbocycles. The Balaban J connectivity index is 2.66. The molecule has 6 nitrogen and oxygen atoms in total. The summed E-state index contributed by atoms with van der Waals surface area (Å²) in [5.41, 5.74) is 0.159. The van der Waals surface area contributed by atoms with Gasteiger partial charge in [-0.1, -0.05) is 19.1 Å². The van der Waals surface area contributed by atoms with Crippen LogP contribution < -0.4 is 10.1 Å². The zero-order chi connectivity index (χ0) is 15.9. The second-order valence-corrected chi connectivity index (χ2v) is 4.93. The van der Waals surface area contributed by atoms with Gasteiger partial charge in [-0.15, -0.1) is 0 Å². The van der Waals surface area contributed by atoms with E-state index in [-0.39, 0.29) is 5.69 Å². The van der Waals surface area contributed by atoms with Crippen molar-refractivity contribution in [2.24, 2.45) is 0 Å². The highest BCUT2D eigenvalue weighted by Crippen LogP contribution is 2.30. The highest BCUT2D eigenvalue weighted by Gasteiger charge is 2.25. The van der Waals surface area contributed by atoms with Crippen molar-refractivity contribution in [1.82, 2.24) is 5.32 Å². The number of aryl methyl sites for hydroxylation is 1. The van der Waals surface area contributed by atoms with Crippen LogP contribution in [0.2, 0.25) is 0 Å². The van der Waals surface area contributed by atoms with Crippen LogP contribution in [0.3, 0.4) is 0 Å². The first kappa shape index (κ1) is 16.9. The number of nitriles is 1. The molecule has 0 heterocycles. The predicted octanol–water partition coefficient (Wildman–Crippen LogP) is 2.95. The topological polar surface area (TPSA) is 88.2 Å². The summed E-state index contributed by atoms with van der Waals surface area (Å²) in [6.45, 7) is 4.07. The Labute approximate surface area is 124 Å². The van der Waals surface area contributed by atoms with E-state index in [1.54, 1.807) is 26.1 Å². The summed E-state index contributed by atoms with van der Waals surface area (Å²) in [6.07, 6.45) is 1.98. The Bertz CT molecular complexity index is 533. The van der Waals surface area contributed by atoms with Crippen molar-refractivity contribution in [2.75, 3.05) is 13.7 Å². The van der Waals surface area contributed by atoms with Gasteiger partial charge in [0.1, 0.15) is 5.54 Å². The lowest BCUT2D eigenvalue weighted by Gasteiger charge is -2.24. The third kappa shape index (κ3) is 4.17. The number of para-hydroxylation sites is 1. The van der Waals surface area contributed by atoms with Crippen LogP contribution in [0, 0.1) is 28.4 Å². The molecule has 0 saturated carbocycles. The Hall–Kier alpha value is -2.13. The highest BCUT2D eigenvalue weighted by atomic mass is 16.6. The van der Waals surface area contributed by atoms with Gasteiger partial charge in [0, 0.05) is 6.07 Å². The molecule has 0 spiro atoms. The maximum atomic E-state index is 11.0. The van der Waals surface area contributed by atoms with Gasteiger partial charge in [0.25, 0.3) is 0 Å². The minimum atomic E-state index is -0.555. The first-order chi connectivity index (χ1) is 9.99. The molecule has 1 aromatic rings. The lowest BCUT2D eigenvalue weighted by molar-refractivity contribution is -0.385. The number of hydrogen-bond acceptors (Lipinski definition) is 5. The van der Waals surface area contributed by atoms with Crippen molar-refractivity contribution >= 4 is 5.69 Å². The second kappa shape index (κ2) is 7.60. The Kier molecular flexibility index (Phi) is 6.12. The summed E-state index contributed by atoms with van der Waals surface area (Å²) in [4.78, 5) is 10.5. The molecule has 114 valence electrons. The lowest BCUT2D eigenvalue weighted by atomic mass is 9.92. The standard InChI is InChI=1S/C15H21N3O3/c1-4-15(11-16,17-3)9-6-10-21-14-12(2)7-5-8-13(14)18(19)20/h5,7-8,17H,4,6,9-10H2,1-3H3. The molecule has 1 rings (SSSR count). The summed E-state index contributed by atoms with van der Waals surface area (Å²) < 4.78 is 5.58. The van der Waals surface area contributed by atoms with Crippen molar-refractivity contribution in [3.05, 3.63) is 33.9 Å². The summed E-state index contributed by atoms with van der Waals surface area (Å²) in [5, 5.41) is 23.2. The number of nitrogens with zero attached hydrogens (tertiary/aromatic N) is 2.